The maximum absolute atomic E-state index is 14.9. The van der Waals surface area contributed by atoms with E-state index in [-0.39, 0.29) is 5.82 Å². The molecule has 0 unspecified atom stereocenters. The number of aldehydes is 1. The minimum atomic E-state index is -0.273. The molecule has 0 aliphatic carbocycles. The molecule has 2 aromatic rings. The molecule has 2 heterocycles. The number of aliphatic imine (C=N–C) groups is 1. The van der Waals surface area contributed by atoms with Gasteiger partial charge in [-0.1, -0.05) is 12.2 Å². The largest absolute Gasteiger partial charge is 0.342 e. The molecule has 6 heteroatoms. The highest BCUT2D eigenvalue weighted by molar-refractivity contribution is 5.76. The lowest BCUT2D eigenvalue weighted by Gasteiger charge is -2.25. The van der Waals surface area contributed by atoms with Crippen LogP contribution < -0.4 is 5.32 Å². The van der Waals surface area contributed by atoms with Gasteiger partial charge < -0.3 is 10.2 Å². The summed E-state index contributed by atoms with van der Waals surface area (Å²) in [5.74, 6) is -0.273. The number of pyridine rings is 1. The number of carbonyl (C=O) groups is 1. The lowest BCUT2D eigenvalue weighted by molar-refractivity contribution is 0.112. The first-order valence-electron chi connectivity index (χ1n) is 9.29. The van der Waals surface area contributed by atoms with Gasteiger partial charge in [0.05, 0.1) is 5.69 Å². The summed E-state index contributed by atoms with van der Waals surface area (Å²) in [5, 5.41) is 3.18. The van der Waals surface area contributed by atoms with Gasteiger partial charge in [0.2, 0.25) is 0 Å². The lowest BCUT2D eigenvalue weighted by atomic mass is 10.0. The second-order valence-corrected chi connectivity index (χ2v) is 6.63. The average molecular weight is 390 g/mol. The van der Waals surface area contributed by atoms with Gasteiger partial charge in [-0.2, -0.15) is 0 Å². The Balaban J connectivity index is 1.76. The van der Waals surface area contributed by atoms with Crippen molar-refractivity contribution >= 4 is 18.7 Å². The monoisotopic (exact) mass is 390 g/mol. The third-order valence-electron chi connectivity index (χ3n) is 4.71. The maximum Gasteiger partial charge on any atom is 0.151 e. The summed E-state index contributed by atoms with van der Waals surface area (Å²) in [7, 11) is 0. The maximum atomic E-state index is 14.9. The molecule has 0 saturated carbocycles. The molecule has 1 aromatic heterocycles. The van der Waals surface area contributed by atoms with Crippen molar-refractivity contribution < 1.29 is 9.18 Å². The van der Waals surface area contributed by atoms with Gasteiger partial charge in [-0.15, -0.1) is 0 Å². The Morgan fingerprint density at radius 3 is 3.00 bits per heavy atom. The standard InChI is InChI=1S/C23H23FN4O/c1-17-12-19(23-7-3-4-10-28(23)11-9-25-2)13-21(24)20(17)14-26-15-22-18(16-29)6-5-8-27-22/h3-9,11-13,16,26H,2,10,14-15H2,1H3/b11-9-. The van der Waals surface area contributed by atoms with Crippen molar-refractivity contribution in [2.75, 3.05) is 6.54 Å². The number of aryl methyl sites for hydroxylation is 1. The topological polar surface area (TPSA) is 57.6 Å². The number of aromatic nitrogens is 1. The van der Waals surface area contributed by atoms with Crippen LogP contribution in [-0.4, -0.2) is 29.4 Å². The Hall–Kier alpha value is -3.38. The van der Waals surface area contributed by atoms with E-state index in [4.69, 9.17) is 0 Å². The predicted molar refractivity (Wildman–Crippen MR) is 114 cm³/mol. The molecule has 148 valence electrons. The van der Waals surface area contributed by atoms with Gasteiger partial charge in [0.25, 0.3) is 0 Å². The van der Waals surface area contributed by atoms with Gasteiger partial charge in [0, 0.05) is 60.6 Å². The van der Waals surface area contributed by atoms with Crippen LogP contribution in [0.15, 0.2) is 66.1 Å². The zero-order valence-corrected chi connectivity index (χ0v) is 16.3. The van der Waals surface area contributed by atoms with E-state index < -0.39 is 0 Å². The highest BCUT2D eigenvalue weighted by Crippen LogP contribution is 2.26. The smallest absolute Gasteiger partial charge is 0.151 e. The summed E-state index contributed by atoms with van der Waals surface area (Å²) < 4.78 is 14.9. The lowest BCUT2D eigenvalue weighted by Crippen LogP contribution is -2.19. The van der Waals surface area contributed by atoms with Gasteiger partial charge in [-0.05, 0) is 49.5 Å². The number of allylic oxidation sites excluding steroid dienone is 2. The van der Waals surface area contributed by atoms with Crippen molar-refractivity contribution in [2.24, 2.45) is 4.99 Å². The second-order valence-electron chi connectivity index (χ2n) is 6.63. The van der Waals surface area contributed by atoms with Crippen molar-refractivity contribution in [1.29, 1.82) is 0 Å². The molecule has 0 atom stereocenters. The molecule has 1 aliphatic heterocycles. The quantitative estimate of drug-likeness (QED) is 0.546. The van der Waals surface area contributed by atoms with Crippen LogP contribution in [0, 0.1) is 12.7 Å². The van der Waals surface area contributed by atoms with E-state index in [9.17, 15) is 9.18 Å². The van der Waals surface area contributed by atoms with Gasteiger partial charge in [-0.3, -0.25) is 14.8 Å². The van der Waals surface area contributed by atoms with E-state index in [0.29, 0.717) is 36.5 Å². The van der Waals surface area contributed by atoms with Crippen LogP contribution in [0.4, 0.5) is 4.39 Å². The molecular weight excluding hydrogens is 367 g/mol. The number of nitrogens with one attached hydrogen (secondary N) is 1. The molecule has 29 heavy (non-hydrogen) atoms. The Morgan fingerprint density at radius 1 is 1.38 bits per heavy atom. The van der Waals surface area contributed by atoms with E-state index >= 15 is 0 Å². The Labute approximate surface area is 170 Å². The van der Waals surface area contributed by atoms with Crippen molar-refractivity contribution in [3.63, 3.8) is 0 Å². The summed E-state index contributed by atoms with van der Waals surface area (Å²) >= 11 is 0. The number of halogens is 1. The van der Waals surface area contributed by atoms with Crippen molar-refractivity contribution in [3.8, 4) is 0 Å². The first-order valence-corrected chi connectivity index (χ1v) is 9.29. The molecule has 0 fully saturated rings. The fraction of sp³-hybridized carbons (Fsp3) is 0.174. The van der Waals surface area contributed by atoms with Gasteiger partial charge >= 0.3 is 0 Å². The highest BCUT2D eigenvalue weighted by Gasteiger charge is 2.15. The summed E-state index contributed by atoms with van der Waals surface area (Å²) in [6, 6.07) is 6.96. The summed E-state index contributed by atoms with van der Waals surface area (Å²) in [6.45, 7) is 6.76. The fourth-order valence-corrected chi connectivity index (χ4v) is 3.22. The first-order chi connectivity index (χ1) is 14.1. The van der Waals surface area contributed by atoms with Crippen LogP contribution in [0.2, 0.25) is 0 Å². The molecule has 1 aliphatic rings. The number of nitrogens with zero attached hydrogens (tertiary/aromatic N) is 3. The Kier molecular flexibility index (Phi) is 6.81. The fourth-order valence-electron chi connectivity index (χ4n) is 3.22. The summed E-state index contributed by atoms with van der Waals surface area (Å²) in [5.41, 5.74) is 4.33. The second kappa shape index (κ2) is 9.71. The molecular formula is C23H23FN4O. The van der Waals surface area contributed by atoms with Gasteiger partial charge in [-0.25, -0.2) is 4.39 Å². The number of hydrogen-bond donors (Lipinski definition) is 1. The Morgan fingerprint density at radius 2 is 2.24 bits per heavy atom. The van der Waals surface area contributed by atoms with Crippen LogP contribution in [0.5, 0.6) is 0 Å². The molecule has 0 radical (unpaired) electrons. The van der Waals surface area contributed by atoms with Crippen LogP contribution >= 0.6 is 0 Å². The number of benzene rings is 1. The third-order valence-corrected chi connectivity index (χ3v) is 4.71. The summed E-state index contributed by atoms with van der Waals surface area (Å²) in [6.07, 6.45) is 11.8. The molecule has 5 nitrogen and oxygen atoms in total. The number of rotatable bonds is 8. The van der Waals surface area contributed by atoms with Crippen LogP contribution in [0.3, 0.4) is 0 Å². The predicted octanol–water partition coefficient (Wildman–Crippen LogP) is 4.02. The van der Waals surface area contributed by atoms with Gasteiger partial charge in [0.1, 0.15) is 5.82 Å². The molecule has 0 amide bonds. The molecule has 0 saturated heterocycles. The SMILES string of the molecule is C=N/C=C\N1CC=CC=C1c1cc(C)c(CNCc2ncccc2C=O)c(F)c1. The van der Waals surface area contributed by atoms with Crippen LogP contribution in [0.1, 0.15) is 32.7 Å². The van der Waals surface area contributed by atoms with Crippen molar-refractivity contribution in [1.82, 2.24) is 15.2 Å². The highest BCUT2D eigenvalue weighted by atomic mass is 19.1. The van der Waals surface area contributed by atoms with Crippen molar-refractivity contribution in [3.05, 3.63) is 94.9 Å². The minimum absolute atomic E-state index is 0.273. The van der Waals surface area contributed by atoms with E-state index in [1.165, 1.54) is 0 Å². The van der Waals surface area contributed by atoms with Crippen molar-refractivity contribution in [2.45, 2.75) is 20.0 Å². The van der Waals surface area contributed by atoms with E-state index in [0.717, 1.165) is 23.1 Å². The minimum Gasteiger partial charge on any atom is -0.342 e. The zero-order chi connectivity index (χ0) is 20.6. The van der Waals surface area contributed by atoms with E-state index in [2.05, 4.69) is 22.0 Å². The molecule has 3 rings (SSSR count). The summed E-state index contributed by atoms with van der Waals surface area (Å²) in [4.78, 5) is 21.0. The molecule has 1 aromatic carbocycles. The van der Waals surface area contributed by atoms with Crippen LogP contribution in [0.25, 0.3) is 5.70 Å². The number of hydrogen-bond acceptors (Lipinski definition) is 5. The van der Waals surface area contributed by atoms with E-state index in [1.807, 2.05) is 42.3 Å². The Bertz CT molecular complexity index is 971. The molecule has 0 spiro atoms. The normalized spacial score (nSPS) is 13.6. The molecule has 0 bridgehead atoms. The first kappa shape index (κ1) is 20.4. The third kappa shape index (κ3) is 4.92. The average Bonchev–Trinajstić information content (AvgIpc) is 2.74. The van der Waals surface area contributed by atoms with Crippen LogP contribution in [-0.2, 0) is 13.1 Å². The zero-order valence-electron chi connectivity index (χ0n) is 16.3. The molecule has 1 N–H and O–H groups in total. The van der Waals surface area contributed by atoms with E-state index in [1.54, 1.807) is 30.6 Å². The number of carbonyl (C=O) groups excluding carboxylic acids is 1. The van der Waals surface area contributed by atoms with Gasteiger partial charge in [0.15, 0.2) is 6.29 Å².